The van der Waals surface area contributed by atoms with Crippen molar-refractivity contribution in [2.45, 2.75) is 19.8 Å². The molecule has 2 rings (SSSR count). The zero-order valence-electron chi connectivity index (χ0n) is 10.3. The molecule has 0 aromatic carbocycles. The van der Waals surface area contributed by atoms with E-state index in [9.17, 15) is 0 Å². The standard InChI is InChI=1S/C11H16N6S/c1-7(10-13-3-4-18-10)6-14-9-5-8(2)15-11(16-9)17-12/h3-5,7H,6,12H2,1-2H3,(H2,14,15,16,17). The first kappa shape index (κ1) is 12.7. The molecular weight excluding hydrogens is 248 g/mol. The Morgan fingerprint density at radius 3 is 2.94 bits per heavy atom. The van der Waals surface area contributed by atoms with Crippen molar-refractivity contribution in [1.29, 1.82) is 0 Å². The van der Waals surface area contributed by atoms with Crippen molar-refractivity contribution in [1.82, 2.24) is 15.0 Å². The molecule has 1 atom stereocenters. The normalized spacial score (nSPS) is 12.2. The average molecular weight is 264 g/mol. The number of nitrogens with one attached hydrogen (secondary N) is 2. The van der Waals surface area contributed by atoms with Gasteiger partial charge in [0.15, 0.2) is 0 Å². The highest BCUT2D eigenvalue weighted by molar-refractivity contribution is 7.09. The summed E-state index contributed by atoms with van der Waals surface area (Å²) in [6, 6.07) is 1.88. The number of thiazole rings is 1. The molecule has 2 aromatic rings. The van der Waals surface area contributed by atoms with Crippen LogP contribution in [0.1, 0.15) is 23.5 Å². The number of aromatic nitrogens is 3. The maximum Gasteiger partial charge on any atom is 0.239 e. The average Bonchev–Trinajstić information content (AvgIpc) is 2.89. The van der Waals surface area contributed by atoms with E-state index < -0.39 is 0 Å². The second-order valence-corrected chi connectivity index (χ2v) is 4.94. The number of hydrogen-bond acceptors (Lipinski definition) is 7. The Morgan fingerprint density at radius 2 is 2.28 bits per heavy atom. The highest BCUT2D eigenvalue weighted by atomic mass is 32.1. The molecule has 0 radical (unpaired) electrons. The van der Waals surface area contributed by atoms with Gasteiger partial charge in [0, 0.05) is 35.8 Å². The Hall–Kier alpha value is -1.73. The molecule has 7 heteroatoms. The number of nitrogens with zero attached hydrogens (tertiary/aromatic N) is 3. The van der Waals surface area contributed by atoms with Gasteiger partial charge < -0.3 is 5.32 Å². The van der Waals surface area contributed by atoms with Gasteiger partial charge in [-0.15, -0.1) is 11.3 Å². The van der Waals surface area contributed by atoms with Crippen LogP contribution in [0.4, 0.5) is 11.8 Å². The minimum absolute atomic E-state index is 0.342. The fourth-order valence-electron chi connectivity index (χ4n) is 1.55. The Kier molecular flexibility index (Phi) is 4.06. The molecule has 0 aliphatic rings. The van der Waals surface area contributed by atoms with Crippen molar-refractivity contribution in [2.75, 3.05) is 17.3 Å². The van der Waals surface area contributed by atoms with E-state index in [4.69, 9.17) is 5.84 Å². The first-order valence-corrected chi connectivity index (χ1v) is 6.52. The molecule has 2 heterocycles. The zero-order chi connectivity index (χ0) is 13.0. The van der Waals surface area contributed by atoms with E-state index in [1.54, 1.807) is 11.3 Å². The summed E-state index contributed by atoms with van der Waals surface area (Å²) in [5.74, 6) is 6.83. The maximum atomic E-state index is 5.31. The molecule has 1 unspecified atom stereocenters. The number of nitrogens with two attached hydrogens (primary N) is 1. The van der Waals surface area contributed by atoms with E-state index in [0.717, 1.165) is 23.1 Å². The van der Waals surface area contributed by atoms with E-state index >= 15 is 0 Å². The largest absolute Gasteiger partial charge is 0.369 e. The van der Waals surface area contributed by atoms with Gasteiger partial charge in [0.1, 0.15) is 5.82 Å². The lowest BCUT2D eigenvalue weighted by Crippen LogP contribution is -2.14. The lowest BCUT2D eigenvalue weighted by molar-refractivity contribution is 0.791. The topological polar surface area (TPSA) is 88.8 Å². The minimum Gasteiger partial charge on any atom is -0.369 e. The van der Waals surface area contributed by atoms with Crippen LogP contribution in [0.3, 0.4) is 0 Å². The quantitative estimate of drug-likeness (QED) is 0.563. The van der Waals surface area contributed by atoms with Crippen LogP contribution < -0.4 is 16.6 Å². The third-order valence-corrected chi connectivity index (χ3v) is 3.45. The summed E-state index contributed by atoms with van der Waals surface area (Å²) in [5.41, 5.74) is 3.31. The van der Waals surface area contributed by atoms with Gasteiger partial charge in [-0.25, -0.2) is 15.8 Å². The summed E-state index contributed by atoms with van der Waals surface area (Å²) < 4.78 is 0. The number of nitrogen functional groups attached to an aromatic ring is 1. The minimum atomic E-state index is 0.342. The second-order valence-electron chi connectivity index (χ2n) is 4.01. The fourth-order valence-corrected chi connectivity index (χ4v) is 2.24. The SMILES string of the molecule is Cc1cc(NCC(C)c2nccs2)nc(NN)n1. The number of aryl methyl sites for hydroxylation is 1. The summed E-state index contributed by atoms with van der Waals surface area (Å²) in [7, 11) is 0. The predicted octanol–water partition coefficient (Wildman–Crippen LogP) is 1.74. The summed E-state index contributed by atoms with van der Waals surface area (Å²) in [5, 5.41) is 6.37. The Balaban J connectivity index is 1.99. The van der Waals surface area contributed by atoms with Crippen LogP contribution in [-0.4, -0.2) is 21.5 Å². The number of rotatable bonds is 5. The van der Waals surface area contributed by atoms with Crippen molar-refractivity contribution in [3.05, 3.63) is 28.3 Å². The molecule has 0 spiro atoms. The molecule has 0 amide bonds. The van der Waals surface area contributed by atoms with Gasteiger partial charge in [-0.2, -0.15) is 4.98 Å². The molecule has 0 bridgehead atoms. The summed E-state index contributed by atoms with van der Waals surface area (Å²) in [6.45, 7) is 4.80. The monoisotopic (exact) mass is 264 g/mol. The fraction of sp³-hybridized carbons (Fsp3) is 0.364. The van der Waals surface area contributed by atoms with E-state index in [1.165, 1.54) is 0 Å². The molecule has 96 valence electrons. The van der Waals surface area contributed by atoms with Crippen molar-refractivity contribution in [3.63, 3.8) is 0 Å². The molecule has 0 aliphatic carbocycles. The van der Waals surface area contributed by atoms with Crippen molar-refractivity contribution in [3.8, 4) is 0 Å². The first-order chi connectivity index (χ1) is 8.69. The Morgan fingerprint density at radius 1 is 1.44 bits per heavy atom. The third-order valence-electron chi connectivity index (χ3n) is 2.45. The lowest BCUT2D eigenvalue weighted by Gasteiger charge is -2.11. The van der Waals surface area contributed by atoms with Gasteiger partial charge in [0.2, 0.25) is 5.95 Å². The molecule has 4 N–H and O–H groups in total. The van der Waals surface area contributed by atoms with Crippen LogP contribution in [0.25, 0.3) is 0 Å². The third kappa shape index (κ3) is 3.14. The van der Waals surface area contributed by atoms with Crippen LogP contribution in [0, 0.1) is 6.92 Å². The second kappa shape index (κ2) is 5.74. The van der Waals surface area contributed by atoms with Crippen molar-refractivity contribution >= 4 is 23.1 Å². The van der Waals surface area contributed by atoms with E-state index in [1.807, 2.05) is 24.6 Å². The van der Waals surface area contributed by atoms with Gasteiger partial charge in [0.05, 0.1) is 5.01 Å². The molecular formula is C11H16N6S. The van der Waals surface area contributed by atoms with Crippen molar-refractivity contribution < 1.29 is 0 Å². The highest BCUT2D eigenvalue weighted by Crippen LogP contribution is 2.18. The molecule has 6 nitrogen and oxygen atoms in total. The molecule has 0 fully saturated rings. The van der Waals surface area contributed by atoms with Crippen LogP contribution in [0.2, 0.25) is 0 Å². The molecule has 0 aliphatic heterocycles. The highest BCUT2D eigenvalue weighted by Gasteiger charge is 2.08. The number of hydrogen-bond donors (Lipinski definition) is 3. The van der Waals surface area contributed by atoms with E-state index in [0.29, 0.717) is 11.9 Å². The zero-order valence-corrected chi connectivity index (χ0v) is 11.2. The smallest absolute Gasteiger partial charge is 0.239 e. The molecule has 0 saturated heterocycles. The predicted molar refractivity (Wildman–Crippen MR) is 73.6 cm³/mol. The molecule has 0 saturated carbocycles. The van der Waals surface area contributed by atoms with Gasteiger partial charge in [-0.3, -0.25) is 5.43 Å². The Bertz CT molecular complexity index is 498. The lowest BCUT2D eigenvalue weighted by atomic mass is 10.2. The molecule has 2 aromatic heterocycles. The van der Waals surface area contributed by atoms with Crippen LogP contribution >= 0.6 is 11.3 Å². The number of anilines is 2. The first-order valence-electron chi connectivity index (χ1n) is 5.64. The van der Waals surface area contributed by atoms with E-state index in [2.05, 4.69) is 32.6 Å². The van der Waals surface area contributed by atoms with E-state index in [-0.39, 0.29) is 0 Å². The van der Waals surface area contributed by atoms with Crippen molar-refractivity contribution in [2.24, 2.45) is 5.84 Å². The van der Waals surface area contributed by atoms with Gasteiger partial charge in [-0.05, 0) is 6.92 Å². The van der Waals surface area contributed by atoms with Crippen LogP contribution in [0.5, 0.6) is 0 Å². The van der Waals surface area contributed by atoms with Gasteiger partial charge >= 0.3 is 0 Å². The number of hydrazine groups is 1. The van der Waals surface area contributed by atoms with Crippen LogP contribution in [-0.2, 0) is 0 Å². The van der Waals surface area contributed by atoms with Crippen LogP contribution in [0.15, 0.2) is 17.6 Å². The summed E-state index contributed by atoms with van der Waals surface area (Å²) in [4.78, 5) is 12.7. The summed E-state index contributed by atoms with van der Waals surface area (Å²) >= 11 is 1.66. The maximum absolute atomic E-state index is 5.31. The van der Waals surface area contributed by atoms with Gasteiger partial charge in [-0.1, -0.05) is 6.92 Å². The van der Waals surface area contributed by atoms with Gasteiger partial charge in [0.25, 0.3) is 0 Å². The molecule has 18 heavy (non-hydrogen) atoms. The Labute approximate surface area is 110 Å². The summed E-state index contributed by atoms with van der Waals surface area (Å²) in [6.07, 6.45) is 1.82.